The Morgan fingerprint density at radius 2 is 1.42 bits per heavy atom. The van der Waals surface area contributed by atoms with E-state index in [1.54, 1.807) is 18.2 Å². The summed E-state index contributed by atoms with van der Waals surface area (Å²) in [5.41, 5.74) is 2.19. The highest BCUT2D eigenvalue weighted by molar-refractivity contribution is 7.92. The maximum Gasteiger partial charge on any atom is 0.264 e. The fraction of sp³-hybridized carbons (Fsp3) is 0.257. The first kappa shape index (κ1) is 34.0. The number of carbonyl (C=O) groups excluding carboxylic acids is 2. The van der Waals surface area contributed by atoms with Crippen LogP contribution in [-0.2, 0) is 32.6 Å². The quantitative estimate of drug-likeness (QED) is 0.186. The maximum absolute atomic E-state index is 14.5. The lowest BCUT2D eigenvalue weighted by Crippen LogP contribution is -2.56. The van der Waals surface area contributed by atoms with Gasteiger partial charge in [-0.15, -0.1) is 0 Å². The van der Waals surface area contributed by atoms with Crippen LogP contribution in [0.3, 0.4) is 0 Å². The third kappa shape index (κ3) is 9.10. The zero-order valence-electron chi connectivity index (χ0n) is 25.7. The van der Waals surface area contributed by atoms with Crippen LogP contribution in [0.25, 0.3) is 0 Å². The molecule has 0 aliphatic rings. The molecular weight excluding hydrogens is 629 g/mol. The summed E-state index contributed by atoms with van der Waals surface area (Å²) in [6.45, 7) is 7.03. The standard InChI is InChI=1S/C35H37Cl2N3O4S/c1-25-15-17-27(18-16-25)23-39(32(34(42)38-35(2,3)4)21-26-11-7-5-8-12-26)33(41)24-40(31-20-19-28(36)22-30(31)37)45(43,44)29-13-9-6-10-14-29/h5-20,22,32H,21,23-24H2,1-4H3,(H,38,42)/t32-/m1/s1. The Kier molecular flexibility index (Phi) is 11.0. The first-order valence-corrected chi connectivity index (χ1v) is 16.7. The third-order valence-electron chi connectivity index (χ3n) is 7.03. The van der Waals surface area contributed by atoms with Gasteiger partial charge in [0.05, 0.1) is 15.6 Å². The van der Waals surface area contributed by atoms with Gasteiger partial charge in [0.1, 0.15) is 12.6 Å². The van der Waals surface area contributed by atoms with Gasteiger partial charge in [-0.2, -0.15) is 0 Å². The van der Waals surface area contributed by atoms with Crippen LogP contribution in [0.15, 0.2) is 108 Å². The minimum Gasteiger partial charge on any atom is -0.350 e. The third-order valence-corrected chi connectivity index (χ3v) is 9.34. The lowest BCUT2D eigenvalue weighted by atomic mass is 10.0. The molecule has 0 unspecified atom stereocenters. The SMILES string of the molecule is Cc1ccc(CN(C(=O)CN(c2ccc(Cl)cc2Cl)S(=O)(=O)c2ccccc2)[C@H](Cc2ccccc2)C(=O)NC(C)(C)C)cc1. The van der Waals surface area contributed by atoms with Gasteiger partial charge in [0, 0.05) is 23.5 Å². The van der Waals surface area contributed by atoms with Gasteiger partial charge in [-0.05, 0) is 69.2 Å². The van der Waals surface area contributed by atoms with Gasteiger partial charge >= 0.3 is 0 Å². The highest BCUT2D eigenvalue weighted by Gasteiger charge is 2.36. The van der Waals surface area contributed by atoms with E-state index in [4.69, 9.17) is 23.2 Å². The molecule has 10 heteroatoms. The first-order chi connectivity index (χ1) is 21.2. The van der Waals surface area contributed by atoms with Crippen molar-refractivity contribution >= 4 is 50.7 Å². The van der Waals surface area contributed by atoms with Crippen LogP contribution in [-0.4, -0.2) is 43.3 Å². The Labute approximate surface area is 275 Å². The van der Waals surface area contributed by atoms with E-state index in [1.807, 2.05) is 82.3 Å². The fourth-order valence-corrected chi connectivity index (χ4v) is 6.83. The molecule has 0 fully saturated rings. The van der Waals surface area contributed by atoms with Crippen LogP contribution in [0.5, 0.6) is 0 Å². The Bertz CT molecular complexity index is 1730. The lowest BCUT2D eigenvalue weighted by Gasteiger charge is -2.35. The number of benzene rings is 4. The molecule has 2 amide bonds. The topological polar surface area (TPSA) is 86.8 Å². The zero-order valence-corrected chi connectivity index (χ0v) is 28.0. The fourth-order valence-electron chi connectivity index (χ4n) is 4.81. The van der Waals surface area contributed by atoms with Crippen LogP contribution < -0.4 is 9.62 Å². The van der Waals surface area contributed by atoms with E-state index in [2.05, 4.69) is 5.32 Å². The van der Waals surface area contributed by atoms with Gasteiger partial charge in [0.25, 0.3) is 10.0 Å². The molecule has 0 aliphatic carbocycles. The van der Waals surface area contributed by atoms with Gasteiger partial charge in [-0.1, -0.05) is 102 Å². The molecule has 45 heavy (non-hydrogen) atoms. The number of nitrogens with one attached hydrogen (secondary N) is 1. The smallest absolute Gasteiger partial charge is 0.264 e. The van der Waals surface area contributed by atoms with Crippen molar-refractivity contribution in [2.75, 3.05) is 10.8 Å². The predicted octanol–water partition coefficient (Wildman–Crippen LogP) is 7.05. The number of amides is 2. The molecule has 1 atom stereocenters. The zero-order chi connectivity index (χ0) is 32.8. The van der Waals surface area contributed by atoms with Crippen LogP contribution >= 0.6 is 23.2 Å². The van der Waals surface area contributed by atoms with Gasteiger partial charge in [-0.25, -0.2) is 8.42 Å². The summed E-state index contributed by atoms with van der Waals surface area (Å²) >= 11 is 12.7. The summed E-state index contributed by atoms with van der Waals surface area (Å²) in [5.74, 6) is -0.931. The minimum absolute atomic E-state index is 0.0137. The Morgan fingerprint density at radius 1 is 0.822 bits per heavy atom. The molecule has 0 aromatic heterocycles. The average molecular weight is 667 g/mol. The molecule has 0 spiro atoms. The molecule has 0 heterocycles. The second kappa shape index (κ2) is 14.5. The number of hydrogen-bond donors (Lipinski definition) is 1. The molecule has 4 aromatic rings. The van der Waals surface area contributed by atoms with E-state index >= 15 is 0 Å². The van der Waals surface area contributed by atoms with E-state index < -0.39 is 34.1 Å². The van der Waals surface area contributed by atoms with Crippen LogP contribution in [0.4, 0.5) is 5.69 Å². The minimum atomic E-state index is -4.27. The van der Waals surface area contributed by atoms with E-state index in [1.165, 1.54) is 35.2 Å². The highest BCUT2D eigenvalue weighted by atomic mass is 35.5. The first-order valence-electron chi connectivity index (χ1n) is 14.5. The summed E-state index contributed by atoms with van der Waals surface area (Å²) < 4.78 is 29.2. The van der Waals surface area contributed by atoms with Crippen molar-refractivity contribution in [2.24, 2.45) is 0 Å². The molecule has 0 bridgehead atoms. The lowest BCUT2D eigenvalue weighted by molar-refractivity contribution is -0.140. The molecule has 4 aromatic carbocycles. The molecule has 236 valence electrons. The summed E-state index contributed by atoms with van der Waals surface area (Å²) in [5, 5.41) is 3.40. The van der Waals surface area contributed by atoms with E-state index in [0.717, 1.165) is 21.0 Å². The summed E-state index contributed by atoms with van der Waals surface area (Å²) in [7, 11) is -4.27. The molecular formula is C35H37Cl2N3O4S. The monoisotopic (exact) mass is 665 g/mol. The number of sulfonamides is 1. The highest BCUT2D eigenvalue weighted by Crippen LogP contribution is 2.33. The van der Waals surface area contributed by atoms with Crippen LogP contribution in [0.2, 0.25) is 10.0 Å². The van der Waals surface area contributed by atoms with Gasteiger partial charge in [-0.3, -0.25) is 13.9 Å². The molecule has 0 radical (unpaired) electrons. The number of carbonyl (C=O) groups is 2. The largest absolute Gasteiger partial charge is 0.350 e. The van der Waals surface area contributed by atoms with Crippen LogP contribution in [0.1, 0.15) is 37.5 Å². The molecule has 4 rings (SSSR count). The summed E-state index contributed by atoms with van der Waals surface area (Å²) in [6, 6.07) is 28.3. The van der Waals surface area contributed by atoms with Crippen molar-refractivity contribution in [2.45, 2.75) is 57.1 Å². The van der Waals surface area contributed by atoms with Crippen molar-refractivity contribution in [3.63, 3.8) is 0 Å². The Balaban J connectivity index is 1.83. The Morgan fingerprint density at radius 3 is 2.00 bits per heavy atom. The number of halogens is 2. The number of aryl methyl sites for hydroxylation is 1. The van der Waals surface area contributed by atoms with E-state index in [9.17, 15) is 18.0 Å². The van der Waals surface area contributed by atoms with Crippen molar-refractivity contribution in [1.29, 1.82) is 0 Å². The number of hydrogen-bond acceptors (Lipinski definition) is 4. The van der Waals surface area contributed by atoms with Gasteiger partial charge in [0.15, 0.2) is 0 Å². The van der Waals surface area contributed by atoms with Gasteiger partial charge in [0.2, 0.25) is 11.8 Å². The van der Waals surface area contributed by atoms with E-state index in [-0.39, 0.29) is 34.5 Å². The van der Waals surface area contributed by atoms with Gasteiger partial charge < -0.3 is 10.2 Å². The van der Waals surface area contributed by atoms with Crippen molar-refractivity contribution in [3.05, 3.63) is 130 Å². The number of rotatable bonds is 11. The molecule has 1 N–H and O–H groups in total. The predicted molar refractivity (Wildman–Crippen MR) is 181 cm³/mol. The summed E-state index contributed by atoms with van der Waals surface area (Å²) in [6.07, 6.45) is 0.216. The number of nitrogens with zero attached hydrogens (tertiary/aromatic N) is 2. The average Bonchev–Trinajstić information content (AvgIpc) is 2.99. The maximum atomic E-state index is 14.5. The second-order valence-corrected chi connectivity index (χ2v) is 14.6. The number of anilines is 1. The Hall–Kier alpha value is -3.85. The van der Waals surface area contributed by atoms with Crippen molar-refractivity contribution in [3.8, 4) is 0 Å². The second-order valence-electron chi connectivity index (χ2n) is 11.9. The normalized spacial score (nSPS) is 12.3. The van der Waals surface area contributed by atoms with Crippen molar-refractivity contribution in [1.82, 2.24) is 10.2 Å². The van der Waals surface area contributed by atoms with Crippen LogP contribution in [0, 0.1) is 6.92 Å². The molecule has 0 saturated heterocycles. The molecule has 0 saturated carbocycles. The van der Waals surface area contributed by atoms with Crippen molar-refractivity contribution < 1.29 is 18.0 Å². The molecule has 0 aliphatic heterocycles. The molecule has 7 nitrogen and oxygen atoms in total. The summed E-state index contributed by atoms with van der Waals surface area (Å²) in [4.78, 5) is 29.9. The van der Waals surface area contributed by atoms with E-state index in [0.29, 0.717) is 5.02 Å².